The van der Waals surface area contributed by atoms with Crippen LogP contribution in [-0.4, -0.2) is 34.5 Å². The Kier molecular flexibility index (Phi) is 5.13. The molecule has 1 aliphatic rings. The maximum atomic E-state index is 13.1. The number of carboxylic acid groups (broad SMARTS) is 1. The van der Waals surface area contributed by atoms with Crippen LogP contribution < -0.4 is 4.74 Å². The Morgan fingerprint density at radius 1 is 1.23 bits per heavy atom. The summed E-state index contributed by atoms with van der Waals surface area (Å²) in [6.45, 7) is 2.44. The fourth-order valence-electron chi connectivity index (χ4n) is 2.95. The second kappa shape index (κ2) is 7.33. The quantitative estimate of drug-likeness (QED) is 0.885. The van der Waals surface area contributed by atoms with Gasteiger partial charge in [-0.3, -0.25) is 4.79 Å². The van der Waals surface area contributed by atoms with E-state index in [9.17, 15) is 14.0 Å². The monoisotopic (exact) mass is 377 g/mol. The minimum Gasteiger partial charge on any atom is -0.479 e. The molecular weight excluding hydrogens is 361 g/mol. The average Bonchev–Trinajstić information content (AvgIpc) is 2.62. The van der Waals surface area contributed by atoms with Gasteiger partial charge in [0.05, 0.1) is 10.6 Å². The molecule has 2 aromatic rings. The molecule has 0 fully saturated rings. The van der Waals surface area contributed by atoms with Crippen LogP contribution in [0.3, 0.4) is 0 Å². The number of fused-ring (bicyclic) bond motifs is 1. The molecule has 1 amide bonds. The van der Waals surface area contributed by atoms with Crippen molar-refractivity contribution >= 4 is 23.5 Å². The molecule has 7 heteroatoms. The molecule has 136 valence electrons. The Hall–Kier alpha value is -2.60. The van der Waals surface area contributed by atoms with Crippen LogP contribution in [0.15, 0.2) is 36.4 Å². The van der Waals surface area contributed by atoms with E-state index in [0.29, 0.717) is 19.5 Å². The third-order valence-electron chi connectivity index (χ3n) is 4.32. The molecule has 0 aliphatic carbocycles. The number of carbonyl (C=O) groups excluding carboxylic acids is 1. The van der Waals surface area contributed by atoms with Gasteiger partial charge in [0.25, 0.3) is 5.91 Å². The smallest absolute Gasteiger partial charge is 0.335 e. The summed E-state index contributed by atoms with van der Waals surface area (Å²) in [4.78, 5) is 25.4. The van der Waals surface area contributed by atoms with Crippen LogP contribution in [-0.2, 0) is 17.8 Å². The third-order valence-corrected chi connectivity index (χ3v) is 4.62. The predicted octanol–water partition coefficient (Wildman–Crippen LogP) is 3.53. The van der Waals surface area contributed by atoms with Gasteiger partial charge in [-0.1, -0.05) is 17.7 Å². The summed E-state index contributed by atoms with van der Waals surface area (Å²) in [5.41, 5.74) is 2.05. The van der Waals surface area contributed by atoms with Crippen molar-refractivity contribution in [2.24, 2.45) is 0 Å². The highest BCUT2D eigenvalue weighted by Crippen LogP contribution is 2.27. The number of carboxylic acids is 1. The van der Waals surface area contributed by atoms with Crippen molar-refractivity contribution < 1.29 is 23.8 Å². The zero-order valence-electron chi connectivity index (χ0n) is 14.0. The van der Waals surface area contributed by atoms with E-state index < -0.39 is 17.9 Å². The van der Waals surface area contributed by atoms with E-state index in [2.05, 4.69) is 0 Å². The molecule has 0 aromatic heterocycles. The molecule has 1 unspecified atom stereocenters. The molecule has 1 heterocycles. The first-order chi connectivity index (χ1) is 12.3. The van der Waals surface area contributed by atoms with Crippen LogP contribution in [0.5, 0.6) is 5.75 Å². The van der Waals surface area contributed by atoms with Gasteiger partial charge >= 0.3 is 5.97 Å². The lowest BCUT2D eigenvalue weighted by Gasteiger charge is -2.31. The molecular formula is C19H17ClFNO4. The van der Waals surface area contributed by atoms with E-state index in [0.717, 1.165) is 17.2 Å². The molecule has 0 radical (unpaired) electrons. The number of hydrogen-bond acceptors (Lipinski definition) is 3. The number of ether oxygens (including phenoxy) is 1. The van der Waals surface area contributed by atoms with Crippen LogP contribution >= 0.6 is 11.6 Å². The summed E-state index contributed by atoms with van der Waals surface area (Å²) < 4.78 is 18.7. The second-order valence-electron chi connectivity index (χ2n) is 6.13. The highest BCUT2D eigenvalue weighted by atomic mass is 35.5. The Morgan fingerprint density at radius 3 is 2.69 bits per heavy atom. The SMILES string of the molecule is CC(Oc1ccc(F)cc1Cl)C(=O)N1CCc2ccc(C(=O)O)cc2C1. The number of halogens is 2. The minimum atomic E-state index is -1.00. The van der Waals surface area contributed by atoms with Crippen LogP contribution in [0.4, 0.5) is 4.39 Å². The summed E-state index contributed by atoms with van der Waals surface area (Å²) in [7, 11) is 0. The molecule has 1 N–H and O–H groups in total. The van der Waals surface area contributed by atoms with Gasteiger partial charge in [0, 0.05) is 13.1 Å². The van der Waals surface area contributed by atoms with E-state index in [1.165, 1.54) is 12.1 Å². The number of hydrogen-bond donors (Lipinski definition) is 1. The first-order valence-electron chi connectivity index (χ1n) is 8.10. The largest absolute Gasteiger partial charge is 0.479 e. The fourth-order valence-corrected chi connectivity index (χ4v) is 3.16. The highest BCUT2D eigenvalue weighted by molar-refractivity contribution is 6.32. The third kappa shape index (κ3) is 3.80. The minimum absolute atomic E-state index is 0.0970. The van der Waals surface area contributed by atoms with E-state index in [4.69, 9.17) is 21.4 Å². The van der Waals surface area contributed by atoms with Crippen LogP contribution in [0.25, 0.3) is 0 Å². The maximum absolute atomic E-state index is 13.1. The lowest BCUT2D eigenvalue weighted by atomic mass is 9.97. The van der Waals surface area contributed by atoms with Crippen molar-refractivity contribution in [2.45, 2.75) is 26.0 Å². The number of nitrogens with zero attached hydrogens (tertiary/aromatic N) is 1. The molecule has 1 atom stereocenters. The second-order valence-corrected chi connectivity index (χ2v) is 6.54. The molecule has 0 bridgehead atoms. The topological polar surface area (TPSA) is 66.8 Å². The Bertz CT molecular complexity index is 871. The van der Waals surface area contributed by atoms with Crippen molar-refractivity contribution in [3.8, 4) is 5.75 Å². The number of carbonyl (C=O) groups is 2. The van der Waals surface area contributed by atoms with Crippen molar-refractivity contribution in [3.63, 3.8) is 0 Å². The predicted molar refractivity (Wildman–Crippen MR) is 94.0 cm³/mol. The van der Waals surface area contributed by atoms with Gasteiger partial charge in [-0.2, -0.15) is 0 Å². The Morgan fingerprint density at radius 2 is 2.00 bits per heavy atom. The molecule has 0 saturated heterocycles. The Balaban J connectivity index is 1.72. The fraction of sp³-hybridized carbons (Fsp3) is 0.263. The van der Waals surface area contributed by atoms with Gasteiger partial charge in [-0.25, -0.2) is 9.18 Å². The molecule has 1 aliphatic heterocycles. The molecule has 3 rings (SSSR count). The van der Waals surface area contributed by atoms with Crippen LogP contribution in [0, 0.1) is 5.82 Å². The van der Waals surface area contributed by atoms with Gasteiger partial charge in [0.1, 0.15) is 11.6 Å². The zero-order chi connectivity index (χ0) is 18.8. The number of amides is 1. The lowest BCUT2D eigenvalue weighted by molar-refractivity contribution is -0.138. The van der Waals surface area contributed by atoms with E-state index in [1.54, 1.807) is 30.0 Å². The maximum Gasteiger partial charge on any atom is 0.335 e. The first-order valence-corrected chi connectivity index (χ1v) is 8.48. The molecule has 5 nitrogen and oxygen atoms in total. The molecule has 2 aromatic carbocycles. The lowest BCUT2D eigenvalue weighted by Crippen LogP contribution is -2.43. The summed E-state index contributed by atoms with van der Waals surface area (Å²) in [5.74, 6) is -1.49. The molecule has 0 spiro atoms. The first kappa shape index (κ1) is 18.2. The van der Waals surface area contributed by atoms with Crippen molar-refractivity contribution in [2.75, 3.05) is 6.54 Å². The van der Waals surface area contributed by atoms with Crippen LogP contribution in [0.1, 0.15) is 28.4 Å². The summed E-state index contributed by atoms with van der Waals surface area (Å²) in [5, 5.41) is 9.22. The van der Waals surface area contributed by atoms with E-state index in [-0.39, 0.29) is 22.2 Å². The van der Waals surface area contributed by atoms with Crippen molar-refractivity contribution in [1.29, 1.82) is 0 Å². The van der Waals surface area contributed by atoms with Crippen LogP contribution in [0.2, 0.25) is 5.02 Å². The van der Waals surface area contributed by atoms with E-state index >= 15 is 0 Å². The molecule has 0 saturated carbocycles. The van der Waals surface area contributed by atoms with Gasteiger partial charge in [0.15, 0.2) is 6.10 Å². The molecule has 26 heavy (non-hydrogen) atoms. The van der Waals surface area contributed by atoms with Crippen molar-refractivity contribution in [3.05, 3.63) is 63.9 Å². The summed E-state index contributed by atoms with van der Waals surface area (Å²) in [6.07, 6.45) is -0.160. The normalized spacial score (nSPS) is 14.5. The van der Waals surface area contributed by atoms with Gasteiger partial charge in [-0.15, -0.1) is 0 Å². The zero-order valence-corrected chi connectivity index (χ0v) is 14.8. The van der Waals surface area contributed by atoms with Gasteiger partial charge in [-0.05, 0) is 54.8 Å². The number of rotatable bonds is 4. The summed E-state index contributed by atoms with van der Waals surface area (Å²) >= 11 is 5.93. The van der Waals surface area contributed by atoms with Gasteiger partial charge in [0.2, 0.25) is 0 Å². The number of benzene rings is 2. The van der Waals surface area contributed by atoms with Crippen molar-refractivity contribution in [1.82, 2.24) is 4.90 Å². The highest BCUT2D eigenvalue weighted by Gasteiger charge is 2.26. The van der Waals surface area contributed by atoms with E-state index in [1.807, 2.05) is 0 Å². The standard InChI is InChI=1S/C19H17ClFNO4/c1-11(26-17-5-4-15(21)9-16(17)20)18(23)22-7-6-12-2-3-13(19(24)25)8-14(12)10-22/h2-5,8-9,11H,6-7,10H2,1H3,(H,24,25). The summed E-state index contributed by atoms with van der Waals surface area (Å²) in [6, 6.07) is 8.67. The van der Waals surface area contributed by atoms with Gasteiger partial charge < -0.3 is 14.7 Å². The number of aromatic carboxylic acids is 1. The Labute approximate surface area is 154 Å². The average molecular weight is 378 g/mol.